The fourth-order valence-electron chi connectivity index (χ4n) is 1.81. The zero-order valence-electron chi connectivity index (χ0n) is 11.7. The van der Waals surface area contributed by atoms with Gasteiger partial charge in [0, 0.05) is 19.3 Å². The second kappa shape index (κ2) is 6.79. The molecule has 0 fully saturated rings. The third-order valence-corrected chi connectivity index (χ3v) is 4.48. The van der Waals surface area contributed by atoms with Crippen LogP contribution in [-0.2, 0) is 16.6 Å². The van der Waals surface area contributed by atoms with Crippen molar-refractivity contribution in [2.75, 3.05) is 6.54 Å². The molecule has 0 amide bonds. The molecule has 7 nitrogen and oxygen atoms in total. The summed E-state index contributed by atoms with van der Waals surface area (Å²) in [6, 6.07) is 6.19. The third-order valence-electron chi connectivity index (χ3n) is 3.00. The van der Waals surface area contributed by atoms with Crippen LogP contribution in [0, 0.1) is 0 Å². The number of aromatic nitrogens is 3. The molecule has 8 heteroatoms. The Balaban J connectivity index is 1.89. The highest BCUT2D eigenvalue weighted by molar-refractivity contribution is 7.89. The lowest BCUT2D eigenvalue weighted by molar-refractivity contribution is 0.199. The largest absolute Gasteiger partial charge is 0.389 e. The van der Waals surface area contributed by atoms with Gasteiger partial charge in [0.15, 0.2) is 0 Å². The average molecular weight is 310 g/mol. The molecular formula is C13H18N4O3S. The monoisotopic (exact) mass is 310 g/mol. The minimum atomic E-state index is -3.52. The number of hydrogen-bond donors (Lipinski definition) is 2. The Hall–Kier alpha value is -1.77. The molecule has 0 aliphatic rings. The molecule has 1 aromatic carbocycles. The molecule has 1 atom stereocenters. The van der Waals surface area contributed by atoms with E-state index in [0.29, 0.717) is 25.1 Å². The van der Waals surface area contributed by atoms with E-state index in [1.807, 2.05) is 0 Å². The highest BCUT2D eigenvalue weighted by Crippen LogP contribution is 2.15. The molecule has 2 rings (SSSR count). The van der Waals surface area contributed by atoms with Crippen molar-refractivity contribution in [1.82, 2.24) is 19.7 Å². The number of nitrogens with one attached hydrogen (secondary N) is 1. The first kappa shape index (κ1) is 15.6. The highest BCUT2D eigenvalue weighted by atomic mass is 32.2. The number of hydrogen-bond acceptors (Lipinski definition) is 5. The standard InChI is InChI=1S/C13H18N4O3S/c1-11(18)12-3-5-13(6-4-12)21(19,20)15-7-2-9-17-10-8-14-16-17/h3-6,8,10-11,15,18H,2,7,9H2,1H3. The van der Waals surface area contributed by atoms with Crippen LogP contribution in [-0.4, -0.2) is 35.1 Å². The summed E-state index contributed by atoms with van der Waals surface area (Å²) in [6.45, 7) is 2.55. The fourth-order valence-corrected chi connectivity index (χ4v) is 2.88. The molecule has 0 spiro atoms. The summed E-state index contributed by atoms with van der Waals surface area (Å²) in [6.07, 6.45) is 3.31. The van der Waals surface area contributed by atoms with Crippen molar-refractivity contribution in [3.63, 3.8) is 0 Å². The Morgan fingerprint density at radius 1 is 1.33 bits per heavy atom. The topological polar surface area (TPSA) is 97.1 Å². The van der Waals surface area contributed by atoms with Gasteiger partial charge in [-0.1, -0.05) is 17.3 Å². The lowest BCUT2D eigenvalue weighted by Gasteiger charge is -2.09. The maximum absolute atomic E-state index is 12.1. The van der Waals surface area contributed by atoms with E-state index in [4.69, 9.17) is 0 Å². The Morgan fingerprint density at radius 3 is 2.62 bits per heavy atom. The van der Waals surface area contributed by atoms with E-state index in [-0.39, 0.29) is 4.90 Å². The molecule has 21 heavy (non-hydrogen) atoms. The predicted octanol–water partition coefficient (Wildman–Crippen LogP) is 0.700. The molecule has 0 aliphatic carbocycles. The third kappa shape index (κ3) is 4.35. The number of sulfonamides is 1. The number of nitrogens with zero attached hydrogens (tertiary/aromatic N) is 3. The molecule has 114 valence electrons. The fraction of sp³-hybridized carbons (Fsp3) is 0.385. The van der Waals surface area contributed by atoms with Gasteiger partial charge in [-0.2, -0.15) is 0 Å². The maximum Gasteiger partial charge on any atom is 0.240 e. The Bertz CT molecular complexity index is 651. The minimum Gasteiger partial charge on any atom is -0.389 e. The van der Waals surface area contributed by atoms with Crippen LogP contribution < -0.4 is 4.72 Å². The maximum atomic E-state index is 12.1. The normalized spacial score (nSPS) is 13.2. The van der Waals surface area contributed by atoms with E-state index in [1.54, 1.807) is 36.1 Å². The van der Waals surface area contributed by atoms with Crippen molar-refractivity contribution in [3.8, 4) is 0 Å². The van der Waals surface area contributed by atoms with Gasteiger partial charge in [0.25, 0.3) is 0 Å². The van der Waals surface area contributed by atoms with E-state index in [9.17, 15) is 13.5 Å². The number of aliphatic hydroxyl groups is 1. The zero-order chi connectivity index (χ0) is 15.3. The molecule has 0 bridgehead atoms. The summed E-state index contributed by atoms with van der Waals surface area (Å²) in [5.74, 6) is 0. The molecular weight excluding hydrogens is 292 g/mol. The molecule has 0 radical (unpaired) electrons. The summed E-state index contributed by atoms with van der Waals surface area (Å²) in [5, 5.41) is 16.9. The SMILES string of the molecule is CC(O)c1ccc(S(=O)(=O)NCCCn2ccnn2)cc1. The van der Waals surface area contributed by atoms with Gasteiger partial charge in [0.2, 0.25) is 10.0 Å². The van der Waals surface area contributed by atoms with Crippen LogP contribution in [0.3, 0.4) is 0 Å². The second-order valence-corrected chi connectivity index (χ2v) is 6.43. The summed E-state index contributed by atoms with van der Waals surface area (Å²) >= 11 is 0. The van der Waals surface area contributed by atoms with Gasteiger partial charge in [0.05, 0.1) is 17.2 Å². The van der Waals surface area contributed by atoms with Crippen LogP contribution >= 0.6 is 0 Å². The van der Waals surface area contributed by atoms with Crippen LogP contribution in [0.4, 0.5) is 0 Å². The molecule has 0 saturated carbocycles. The van der Waals surface area contributed by atoms with Crippen molar-refractivity contribution in [3.05, 3.63) is 42.2 Å². The number of rotatable bonds is 7. The van der Waals surface area contributed by atoms with Gasteiger partial charge in [0.1, 0.15) is 0 Å². The second-order valence-electron chi connectivity index (χ2n) is 4.66. The van der Waals surface area contributed by atoms with Crippen LogP contribution in [0.1, 0.15) is 25.0 Å². The molecule has 2 aromatic rings. The summed E-state index contributed by atoms with van der Waals surface area (Å²) < 4.78 is 28.3. The van der Waals surface area contributed by atoms with Gasteiger partial charge < -0.3 is 5.11 Å². The Kier molecular flexibility index (Phi) is 5.05. The molecule has 2 N–H and O–H groups in total. The summed E-state index contributed by atoms with van der Waals surface area (Å²) in [7, 11) is -3.52. The van der Waals surface area contributed by atoms with Crippen molar-refractivity contribution in [2.24, 2.45) is 0 Å². The lowest BCUT2D eigenvalue weighted by atomic mass is 10.1. The first-order valence-corrected chi connectivity index (χ1v) is 8.09. The van der Waals surface area contributed by atoms with E-state index < -0.39 is 16.1 Å². The summed E-state index contributed by atoms with van der Waals surface area (Å²) in [5.41, 5.74) is 0.681. The first-order valence-electron chi connectivity index (χ1n) is 6.61. The Labute approximate surface area is 123 Å². The smallest absolute Gasteiger partial charge is 0.240 e. The quantitative estimate of drug-likeness (QED) is 0.734. The van der Waals surface area contributed by atoms with Gasteiger partial charge in [-0.25, -0.2) is 13.1 Å². The van der Waals surface area contributed by atoms with E-state index >= 15 is 0 Å². The Morgan fingerprint density at radius 2 is 2.05 bits per heavy atom. The molecule has 0 saturated heterocycles. The number of aryl methyl sites for hydroxylation is 1. The summed E-state index contributed by atoms with van der Waals surface area (Å²) in [4.78, 5) is 0.188. The van der Waals surface area contributed by atoms with E-state index in [0.717, 1.165) is 0 Å². The van der Waals surface area contributed by atoms with Crippen LogP contribution in [0.15, 0.2) is 41.6 Å². The van der Waals surface area contributed by atoms with Crippen molar-refractivity contribution < 1.29 is 13.5 Å². The lowest BCUT2D eigenvalue weighted by Crippen LogP contribution is -2.25. The number of benzene rings is 1. The predicted molar refractivity (Wildman–Crippen MR) is 76.9 cm³/mol. The van der Waals surface area contributed by atoms with Crippen LogP contribution in [0.5, 0.6) is 0 Å². The average Bonchev–Trinajstić information content (AvgIpc) is 2.97. The number of aliphatic hydroxyl groups excluding tert-OH is 1. The molecule has 0 aliphatic heterocycles. The van der Waals surface area contributed by atoms with E-state index in [2.05, 4.69) is 15.0 Å². The van der Waals surface area contributed by atoms with Crippen molar-refractivity contribution in [2.45, 2.75) is 30.9 Å². The molecule has 1 aromatic heterocycles. The van der Waals surface area contributed by atoms with Crippen LogP contribution in [0.25, 0.3) is 0 Å². The van der Waals surface area contributed by atoms with Gasteiger partial charge in [-0.05, 0) is 31.0 Å². The van der Waals surface area contributed by atoms with Gasteiger partial charge in [-0.3, -0.25) is 4.68 Å². The van der Waals surface area contributed by atoms with E-state index in [1.165, 1.54) is 12.1 Å². The highest BCUT2D eigenvalue weighted by Gasteiger charge is 2.13. The van der Waals surface area contributed by atoms with Crippen molar-refractivity contribution >= 4 is 10.0 Å². The molecule has 1 unspecified atom stereocenters. The molecule has 1 heterocycles. The van der Waals surface area contributed by atoms with Gasteiger partial charge in [-0.15, -0.1) is 5.10 Å². The van der Waals surface area contributed by atoms with Crippen LogP contribution in [0.2, 0.25) is 0 Å². The van der Waals surface area contributed by atoms with Crippen molar-refractivity contribution in [1.29, 1.82) is 0 Å². The first-order chi connectivity index (χ1) is 9.99. The minimum absolute atomic E-state index is 0.188. The zero-order valence-corrected chi connectivity index (χ0v) is 12.5. The van der Waals surface area contributed by atoms with Gasteiger partial charge >= 0.3 is 0 Å².